The van der Waals surface area contributed by atoms with Gasteiger partial charge in [-0.2, -0.15) is 0 Å². The van der Waals surface area contributed by atoms with E-state index in [-0.39, 0.29) is 11.2 Å². The summed E-state index contributed by atoms with van der Waals surface area (Å²) < 4.78 is 6.31. The molecule has 0 atom stereocenters. The Labute approximate surface area is 94.6 Å². The van der Waals surface area contributed by atoms with Crippen LogP contribution in [-0.2, 0) is 4.74 Å². The van der Waals surface area contributed by atoms with E-state index in [2.05, 4.69) is 27.7 Å². The minimum Gasteiger partial charge on any atom is -0.369 e. The van der Waals surface area contributed by atoms with Crippen LogP contribution in [0.1, 0.15) is 66.2 Å². The third-order valence-corrected chi connectivity index (χ3v) is 4.56. The molecule has 1 saturated heterocycles. The summed E-state index contributed by atoms with van der Waals surface area (Å²) in [5.41, 5.74) is 0.416. The summed E-state index contributed by atoms with van der Waals surface area (Å²) in [5.74, 6) is 1.81. The van der Waals surface area contributed by atoms with Gasteiger partial charge in [-0.1, -0.05) is 13.8 Å². The summed E-state index contributed by atoms with van der Waals surface area (Å²) in [5, 5.41) is 0. The van der Waals surface area contributed by atoms with Crippen LogP contribution >= 0.6 is 0 Å². The van der Waals surface area contributed by atoms with Gasteiger partial charge in [0.2, 0.25) is 0 Å². The molecule has 0 aromatic rings. The third-order valence-electron chi connectivity index (χ3n) is 4.56. The highest BCUT2D eigenvalue weighted by Crippen LogP contribution is 2.48. The molecule has 0 aromatic heterocycles. The van der Waals surface area contributed by atoms with Gasteiger partial charge in [-0.25, -0.2) is 0 Å². The molecule has 15 heavy (non-hydrogen) atoms. The van der Waals surface area contributed by atoms with E-state index in [1.54, 1.807) is 0 Å². The fourth-order valence-electron chi connectivity index (χ4n) is 3.40. The van der Waals surface area contributed by atoms with Crippen molar-refractivity contribution in [2.75, 3.05) is 0 Å². The van der Waals surface area contributed by atoms with Crippen LogP contribution in [0.5, 0.6) is 0 Å². The molecule has 2 aliphatic rings. The van der Waals surface area contributed by atoms with Crippen molar-refractivity contribution in [3.05, 3.63) is 0 Å². The molecule has 0 unspecified atom stereocenters. The van der Waals surface area contributed by atoms with E-state index >= 15 is 0 Å². The van der Waals surface area contributed by atoms with Crippen molar-refractivity contribution in [2.45, 2.75) is 77.4 Å². The minimum absolute atomic E-state index is 0.144. The third kappa shape index (κ3) is 2.38. The van der Waals surface area contributed by atoms with Gasteiger partial charge in [-0.3, -0.25) is 0 Å². The van der Waals surface area contributed by atoms with Crippen LogP contribution in [0.2, 0.25) is 0 Å². The lowest BCUT2D eigenvalue weighted by molar-refractivity contribution is -0.110. The summed E-state index contributed by atoms with van der Waals surface area (Å²) in [6.45, 7) is 9.22. The number of rotatable bonds is 1. The Hall–Kier alpha value is -0.0400. The first-order valence-electron chi connectivity index (χ1n) is 6.63. The molecule has 0 aromatic carbocycles. The highest BCUT2D eigenvalue weighted by atomic mass is 16.5. The van der Waals surface area contributed by atoms with Crippen LogP contribution in [0, 0.1) is 11.8 Å². The fraction of sp³-hybridized carbons (Fsp3) is 1.00. The van der Waals surface area contributed by atoms with Crippen LogP contribution in [0.4, 0.5) is 0 Å². The molecule has 1 spiro atoms. The van der Waals surface area contributed by atoms with Crippen LogP contribution in [0.3, 0.4) is 0 Å². The Morgan fingerprint density at radius 3 is 2.00 bits per heavy atom. The van der Waals surface area contributed by atoms with Crippen molar-refractivity contribution in [1.82, 2.24) is 0 Å². The second kappa shape index (κ2) is 3.76. The van der Waals surface area contributed by atoms with Gasteiger partial charge in [0, 0.05) is 0 Å². The molecule has 1 heteroatoms. The highest BCUT2D eigenvalue weighted by Gasteiger charge is 2.46. The maximum atomic E-state index is 6.31. The van der Waals surface area contributed by atoms with Gasteiger partial charge in [0.05, 0.1) is 11.2 Å². The van der Waals surface area contributed by atoms with Gasteiger partial charge < -0.3 is 4.74 Å². The van der Waals surface area contributed by atoms with Crippen molar-refractivity contribution in [2.24, 2.45) is 11.8 Å². The number of hydrogen-bond acceptors (Lipinski definition) is 1. The Bertz CT molecular complexity index is 221. The minimum atomic E-state index is 0.144. The molecule has 1 aliphatic heterocycles. The zero-order chi connectivity index (χ0) is 11.1. The SMILES string of the molecule is CC(C)C1CCC2(CC1)CCC(C)(C)O2. The van der Waals surface area contributed by atoms with Crippen molar-refractivity contribution < 1.29 is 4.74 Å². The summed E-state index contributed by atoms with van der Waals surface area (Å²) >= 11 is 0. The first-order chi connectivity index (χ1) is 6.93. The van der Waals surface area contributed by atoms with E-state index < -0.39 is 0 Å². The Balaban J connectivity index is 1.93. The number of hydrogen-bond donors (Lipinski definition) is 0. The predicted molar refractivity (Wildman–Crippen MR) is 63.9 cm³/mol. The monoisotopic (exact) mass is 210 g/mol. The second-order valence-electron chi connectivity index (χ2n) is 6.63. The molecular formula is C14H26O. The van der Waals surface area contributed by atoms with Gasteiger partial charge in [-0.05, 0) is 64.2 Å². The summed E-state index contributed by atoms with van der Waals surface area (Å²) in [4.78, 5) is 0. The van der Waals surface area contributed by atoms with Crippen molar-refractivity contribution in [3.63, 3.8) is 0 Å². The Morgan fingerprint density at radius 2 is 1.60 bits per heavy atom. The van der Waals surface area contributed by atoms with E-state index in [1.807, 2.05) is 0 Å². The average molecular weight is 210 g/mol. The Morgan fingerprint density at radius 1 is 1.00 bits per heavy atom. The maximum absolute atomic E-state index is 6.31. The van der Waals surface area contributed by atoms with E-state index in [4.69, 9.17) is 4.74 Å². The fourth-order valence-corrected chi connectivity index (χ4v) is 3.40. The molecule has 0 bridgehead atoms. The smallest absolute Gasteiger partial charge is 0.0691 e. The molecule has 88 valence electrons. The molecular weight excluding hydrogens is 184 g/mol. The van der Waals surface area contributed by atoms with Gasteiger partial charge in [0.25, 0.3) is 0 Å². The van der Waals surface area contributed by atoms with Crippen LogP contribution in [0.15, 0.2) is 0 Å². The lowest BCUT2D eigenvalue weighted by atomic mass is 9.73. The van der Waals surface area contributed by atoms with Gasteiger partial charge in [0.15, 0.2) is 0 Å². The molecule has 2 fully saturated rings. The predicted octanol–water partition coefficient (Wildman–Crippen LogP) is 4.16. The van der Waals surface area contributed by atoms with Crippen LogP contribution in [0.25, 0.3) is 0 Å². The van der Waals surface area contributed by atoms with Crippen molar-refractivity contribution in [1.29, 1.82) is 0 Å². The van der Waals surface area contributed by atoms with Crippen LogP contribution < -0.4 is 0 Å². The summed E-state index contributed by atoms with van der Waals surface area (Å²) in [6, 6.07) is 0. The zero-order valence-electron chi connectivity index (χ0n) is 10.8. The molecule has 2 rings (SSSR count). The van der Waals surface area contributed by atoms with Gasteiger partial charge >= 0.3 is 0 Å². The standard InChI is InChI=1S/C14H26O/c1-11(2)12-5-7-14(8-6-12)10-9-13(3,4)15-14/h11-12H,5-10H2,1-4H3. The first kappa shape index (κ1) is 11.4. The Kier molecular flexibility index (Phi) is 2.87. The first-order valence-corrected chi connectivity index (χ1v) is 6.63. The second-order valence-corrected chi connectivity index (χ2v) is 6.63. The van der Waals surface area contributed by atoms with Crippen molar-refractivity contribution in [3.8, 4) is 0 Å². The van der Waals surface area contributed by atoms with E-state index in [0.717, 1.165) is 11.8 Å². The molecule has 0 N–H and O–H groups in total. The molecule has 1 aliphatic carbocycles. The average Bonchev–Trinajstić information content (AvgIpc) is 2.43. The van der Waals surface area contributed by atoms with E-state index in [9.17, 15) is 0 Å². The lowest BCUT2D eigenvalue weighted by Gasteiger charge is -2.39. The van der Waals surface area contributed by atoms with Gasteiger partial charge in [0.1, 0.15) is 0 Å². The normalized spacial score (nSPS) is 40.2. The maximum Gasteiger partial charge on any atom is 0.0691 e. The van der Waals surface area contributed by atoms with E-state index in [1.165, 1.54) is 38.5 Å². The van der Waals surface area contributed by atoms with Crippen LogP contribution in [-0.4, -0.2) is 11.2 Å². The van der Waals surface area contributed by atoms with Crippen molar-refractivity contribution >= 4 is 0 Å². The molecule has 1 heterocycles. The molecule has 0 amide bonds. The molecule has 0 radical (unpaired) electrons. The topological polar surface area (TPSA) is 9.23 Å². The van der Waals surface area contributed by atoms with Gasteiger partial charge in [-0.15, -0.1) is 0 Å². The molecule has 1 saturated carbocycles. The lowest BCUT2D eigenvalue weighted by Crippen LogP contribution is -2.37. The summed E-state index contributed by atoms with van der Waals surface area (Å²) in [6.07, 6.45) is 7.92. The molecule has 1 nitrogen and oxygen atoms in total. The highest BCUT2D eigenvalue weighted by molar-refractivity contribution is 4.96. The van der Waals surface area contributed by atoms with E-state index in [0.29, 0.717) is 0 Å². The number of ether oxygens (including phenoxy) is 1. The summed E-state index contributed by atoms with van der Waals surface area (Å²) in [7, 11) is 0. The zero-order valence-corrected chi connectivity index (χ0v) is 10.8. The quantitative estimate of drug-likeness (QED) is 0.631. The largest absolute Gasteiger partial charge is 0.369 e.